The first-order chi connectivity index (χ1) is 13.2. The molecule has 146 valence electrons. The van der Waals surface area contributed by atoms with Crippen molar-refractivity contribution in [3.63, 3.8) is 0 Å². The van der Waals surface area contributed by atoms with Gasteiger partial charge in [-0.25, -0.2) is 4.98 Å². The third-order valence-corrected chi connectivity index (χ3v) is 8.18. The van der Waals surface area contributed by atoms with Crippen molar-refractivity contribution in [1.29, 1.82) is 0 Å². The maximum absolute atomic E-state index is 13.4. The van der Waals surface area contributed by atoms with Gasteiger partial charge >= 0.3 is 0 Å². The average molecular weight is 384 g/mol. The van der Waals surface area contributed by atoms with Gasteiger partial charge < -0.3 is 4.90 Å². The highest BCUT2D eigenvalue weighted by molar-refractivity contribution is 7.14. The predicted octanol–water partition coefficient (Wildman–Crippen LogP) is 5.58. The van der Waals surface area contributed by atoms with Crippen molar-refractivity contribution < 1.29 is 4.79 Å². The molecule has 1 aliphatic heterocycles. The Morgan fingerprint density at radius 2 is 1.52 bits per heavy atom. The molecule has 3 aliphatic rings. The van der Waals surface area contributed by atoms with Crippen molar-refractivity contribution in [2.45, 2.75) is 108 Å². The fourth-order valence-electron chi connectivity index (χ4n) is 5.24. The van der Waals surface area contributed by atoms with Gasteiger partial charge in [0.2, 0.25) is 0 Å². The van der Waals surface area contributed by atoms with Gasteiger partial charge in [-0.2, -0.15) is 0 Å². The van der Waals surface area contributed by atoms with Gasteiger partial charge in [-0.3, -0.25) is 4.79 Å². The van der Waals surface area contributed by atoms with E-state index in [-0.39, 0.29) is 5.91 Å². The second kappa shape index (κ2) is 8.67. The molecular weight excluding hydrogens is 351 g/mol. The molecule has 1 aromatic rings. The quantitative estimate of drug-likeness (QED) is 0.624. The highest BCUT2D eigenvalue weighted by Gasteiger charge is 2.39. The largest absolute Gasteiger partial charge is 0.341 e. The van der Waals surface area contributed by atoms with E-state index < -0.39 is 5.44 Å². The number of aromatic nitrogens is 1. The first-order valence-electron chi connectivity index (χ1n) is 11.3. The fraction of sp³-hybridized carbons (Fsp3) is 0.818. The number of amides is 1. The zero-order valence-corrected chi connectivity index (χ0v) is 17.5. The van der Waals surface area contributed by atoms with E-state index in [2.05, 4.69) is 0 Å². The first-order valence-corrected chi connectivity index (χ1v) is 12.1. The van der Waals surface area contributed by atoms with Crippen molar-refractivity contribution in [3.05, 3.63) is 15.6 Å². The van der Waals surface area contributed by atoms with Crippen molar-refractivity contribution >= 4 is 25.1 Å². The lowest BCUT2D eigenvalue weighted by atomic mass is 9.67. The van der Waals surface area contributed by atoms with Crippen LogP contribution in [0.2, 0.25) is 0 Å². The van der Waals surface area contributed by atoms with Gasteiger partial charge in [-0.15, -0.1) is 11.3 Å². The highest BCUT2D eigenvalue weighted by Crippen LogP contribution is 2.39. The molecule has 27 heavy (non-hydrogen) atoms. The van der Waals surface area contributed by atoms with Crippen LogP contribution in [0.1, 0.15) is 116 Å². The standard InChI is InChI=1S/C22H33BN2OS/c23-22(14-9-5-2-6-10-15-22)25-16-13-18-19(21(25)26)27-20(24-18)17-11-7-3-1-4-8-12-17/h17H,1-16H2. The SMILES string of the molecule is [B]C1(N2CCc3nc(C4CCCCCCC4)sc3C2=O)CCCCCCC1. The molecule has 1 aromatic heterocycles. The molecule has 2 aliphatic carbocycles. The van der Waals surface area contributed by atoms with Gasteiger partial charge in [0.1, 0.15) is 12.7 Å². The van der Waals surface area contributed by atoms with Crippen LogP contribution in [0.5, 0.6) is 0 Å². The van der Waals surface area contributed by atoms with Crippen molar-refractivity contribution in [2.75, 3.05) is 6.54 Å². The normalized spacial score (nSPS) is 25.2. The number of fused-ring (bicyclic) bond motifs is 1. The van der Waals surface area contributed by atoms with Crippen LogP contribution in [-0.2, 0) is 6.42 Å². The Hall–Kier alpha value is -0.835. The Balaban J connectivity index is 1.52. The minimum Gasteiger partial charge on any atom is -0.341 e. The summed E-state index contributed by atoms with van der Waals surface area (Å²) in [4.78, 5) is 21.2. The van der Waals surface area contributed by atoms with Gasteiger partial charge in [0.15, 0.2) is 0 Å². The molecule has 0 aromatic carbocycles. The Morgan fingerprint density at radius 3 is 2.19 bits per heavy atom. The minimum atomic E-state index is -0.445. The Morgan fingerprint density at radius 1 is 0.926 bits per heavy atom. The molecule has 2 radical (unpaired) electrons. The summed E-state index contributed by atoms with van der Waals surface area (Å²) in [6.07, 6.45) is 18.0. The first kappa shape index (κ1) is 19.5. The molecule has 0 spiro atoms. The van der Waals surface area contributed by atoms with E-state index in [4.69, 9.17) is 12.8 Å². The number of thiazole rings is 1. The van der Waals surface area contributed by atoms with E-state index in [9.17, 15) is 4.79 Å². The molecule has 0 bridgehead atoms. The minimum absolute atomic E-state index is 0.161. The summed E-state index contributed by atoms with van der Waals surface area (Å²) >= 11 is 1.68. The van der Waals surface area contributed by atoms with E-state index >= 15 is 0 Å². The van der Waals surface area contributed by atoms with Crippen LogP contribution < -0.4 is 0 Å². The van der Waals surface area contributed by atoms with Crippen LogP contribution in [0.4, 0.5) is 0 Å². The van der Waals surface area contributed by atoms with E-state index in [0.29, 0.717) is 5.92 Å². The smallest absolute Gasteiger partial charge is 0.265 e. The number of carbonyl (C=O) groups is 1. The molecular formula is C22H33BN2OS. The van der Waals surface area contributed by atoms with Gasteiger partial charge in [0, 0.05) is 24.3 Å². The molecule has 2 saturated carbocycles. The highest BCUT2D eigenvalue weighted by atomic mass is 32.1. The van der Waals surface area contributed by atoms with E-state index in [1.54, 1.807) is 11.3 Å². The molecule has 1 amide bonds. The van der Waals surface area contributed by atoms with Crippen LogP contribution >= 0.6 is 11.3 Å². The maximum Gasteiger partial charge on any atom is 0.265 e. The fourth-order valence-corrected chi connectivity index (χ4v) is 6.47. The Bertz CT molecular complexity index is 643. The molecule has 5 heteroatoms. The van der Waals surface area contributed by atoms with E-state index in [1.165, 1.54) is 69.2 Å². The summed E-state index contributed by atoms with van der Waals surface area (Å²) in [5, 5.41) is 1.22. The van der Waals surface area contributed by atoms with Gasteiger partial charge in [0.05, 0.1) is 10.7 Å². The van der Waals surface area contributed by atoms with Crippen LogP contribution in [-0.4, -0.2) is 35.6 Å². The summed E-state index contributed by atoms with van der Waals surface area (Å²) < 4.78 is 0. The van der Waals surface area contributed by atoms with Crippen molar-refractivity contribution in [3.8, 4) is 0 Å². The lowest BCUT2D eigenvalue weighted by Gasteiger charge is -2.45. The summed E-state index contributed by atoms with van der Waals surface area (Å²) in [6.45, 7) is 0.746. The van der Waals surface area contributed by atoms with E-state index in [1.807, 2.05) is 4.90 Å². The summed E-state index contributed by atoms with van der Waals surface area (Å²) in [6, 6.07) is 0. The maximum atomic E-state index is 13.4. The Kier molecular flexibility index (Phi) is 6.26. The molecule has 0 atom stereocenters. The molecule has 4 rings (SSSR count). The molecule has 3 nitrogen and oxygen atoms in total. The Labute approximate surface area is 169 Å². The molecule has 0 unspecified atom stereocenters. The number of hydrogen-bond acceptors (Lipinski definition) is 3. The van der Waals surface area contributed by atoms with Crippen molar-refractivity contribution in [2.24, 2.45) is 0 Å². The summed E-state index contributed by atoms with van der Waals surface area (Å²) in [7, 11) is 6.83. The zero-order chi connectivity index (χ0) is 18.7. The third kappa shape index (κ3) is 4.28. The van der Waals surface area contributed by atoms with Crippen LogP contribution in [0, 0.1) is 0 Å². The zero-order valence-electron chi connectivity index (χ0n) is 16.7. The third-order valence-electron chi connectivity index (χ3n) is 6.94. The van der Waals surface area contributed by atoms with Gasteiger partial charge in [-0.1, -0.05) is 64.2 Å². The van der Waals surface area contributed by atoms with E-state index in [0.717, 1.165) is 49.2 Å². The molecule has 0 N–H and O–H groups in total. The monoisotopic (exact) mass is 384 g/mol. The topological polar surface area (TPSA) is 33.2 Å². The number of hydrogen-bond donors (Lipinski definition) is 0. The van der Waals surface area contributed by atoms with Crippen LogP contribution in [0.3, 0.4) is 0 Å². The molecule has 2 heterocycles. The molecule has 0 saturated heterocycles. The molecule has 2 fully saturated rings. The number of nitrogens with zero attached hydrogens (tertiary/aromatic N) is 2. The predicted molar refractivity (Wildman–Crippen MR) is 113 cm³/mol. The second-order valence-electron chi connectivity index (χ2n) is 8.95. The van der Waals surface area contributed by atoms with Crippen LogP contribution in [0.25, 0.3) is 0 Å². The number of rotatable bonds is 2. The number of carbonyl (C=O) groups excluding carboxylic acids is 1. The lowest BCUT2D eigenvalue weighted by molar-refractivity contribution is 0.0565. The van der Waals surface area contributed by atoms with Gasteiger partial charge in [0.25, 0.3) is 5.91 Å². The van der Waals surface area contributed by atoms with Crippen LogP contribution in [0.15, 0.2) is 0 Å². The second-order valence-corrected chi connectivity index (χ2v) is 9.98. The average Bonchev–Trinajstić information content (AvgIpc) is 3.03. The lowest BCUT2D eigenvalue weighted by Crippen LogP contribution is -2.55. The summed E-state index contributed by atoms with van der Waals surface area (Å²) in [5.74, 6) is 0.726. The van der Waals surface area contributed by atoms with Gasteiger partial charge in [-0.05, 0) is 25.7 Å². The van der Waals surface area contributed by atoms with Crippen molar-refractivity contribution in [1.82, 2.24) is 9.88 Å². The summed E-state index contributed by atoms with van der Waals surface area (Å²) in [5.41, 5.74) is 0.604.